The van der Waals surface area contributed by atoms with Gasteiger partial charge in [-0.15, -0.1) is 0 Å². The van der Waals surface area contributed by atoms with Crippen molar-refractivity contribution in [2.45, 2.75) is 11.8 Å². The summed E-state index contributed by atoms with van der Waals surface area (Å²) in [5.41, 5.74) is 7.84. The second-order valence-corrected chi connectivity index (χ2v) is 12.4. The Morgan fingerprint density at radius 1 is 0.304 bits per heavy atom. The molecule has 216 valence electrons. The van der Waals surface area contributed by atoms with E-state index in [0.717, 1.165) is 0 Å². The van der Waals surface area contributed by atoms with Gasteiger partial charge in [0.05, 0.1) is 0 Å². The van der Waals surface area contributed by atoms with Gasteiger partial charge in [0.2, 0.25) is 0 Å². The van der Waals surface area contributed by atoms with Crippen LogP contribution < -0.4 is 10.4 Å². The van der Waals surface area contributed by atoms with Gasteiger partial charge in [-0.2, -0.15) is 0 Å². The molecule has 0 heterocycles. The van der Waals surface area contributed by atoms with Crippen molar-refractivity contribution in [1.82, 2.24) is 0 Å². The molecule has 2 unspecified atom stereocenters. The molecular weight excluding hydrogens is 553 g/mol. The molecule has 2 atom stereocenters. The van der Waals surface area contributed by atoms with Crippen LogP contribution in [0.3, 0.4) is 0 Å². The van der Waals surface area contributed by atoms with Crippen LogP contribution in [0, 0.1) is 0 Å². The number of fused-ring (bicyclic) bond motifs is 4. The summed E-state index contributed by atoms with van der Waals surface area (Å²) in [5, 5.41) is 10.4. The Balaban J connectivity index is 1.37. The number of rotatable bonds is 4. The topological polar surface area (TPSA) is 0 Å². The second kappa shape index (κ2) is 11.0. The van der Waals surface area contributed by atoms with Crippen LogP contribution in [0.1, 0.15) is 23.0 Å². The van der Waals surface area contributed by atoms with Crippen LogP contribution in [-0.2, 0) is 0 Å². The monoisotopic (exact) mass is 584 g/mol. The Bertz CT molecular complexity index is 2480. The first kappa shape index (κ1) is 26.7. The van der Waals surface area contributed by atoms with E-state index < -0.39 is 0 Å². The molecule has 0 spiro atoms. The zero-order valence-corrected chi connectivity index (χ0v) is 25.5. The van der Waals surface area contributed by atoms with Gasteiger partial charge in [0.25, 0.3) is 0 Å². The molecule has 0 heteroatoms. The Morgan fingerprint density at radius 3 is 1.48 bits per heavy atom. The fourth-order valence-corrected chi connectivity index (χ4v) is 7.86. The highest BCUT2D eigenvalue weighted by Gasteiger charge is 2.28. The van der Waals surface area contributed by atoms with Gasteiger partial charge >= 0.3 is 0 Å². The first-order chi connectivity index (χ1) is 22.8. The van der Waals surface area contributed by atoms with E-state index >= 15 is 0 Å². The van der Waals surface area contributed by atoms with E-state index in [1.165, 1.54) is 76.1 Å². The third kappa shape index (κ3) is 4.30. The highest BCUT2D eigenvalue weighted by molar-refractivity contribution is 6.18. The second-order valence-electron chi connectivity index (χ2n) is 12.4. The first-order valence-electron chi connectivity index (χ1n) is 16.2. The van der Waals surface area contributed by atoms with Crippen LogP contribution in [0.15, 0.2) is 170 Å². The van der Waals surface area contributed by atoms with Crippen molar-refractivity contribution in [3.63, 3.8) is 0 Å². The largest absolute Gasteiger partial charge is 0.0682 e. The lowest BCUT2D eigenvalue weighted by Gasteiger charge is -2.29. The third-order valence-corrected chi connectivity index (χ3v) is 9.87. The van der Waals surface area contributed by atoms with Gasteiger partial charge in [-0.05, 0) is 76.1 Å². The van der Waals surface area contributed by atoms with Gasteiger partial charge in [-0.25, -0.2) is 0 Å². The molecule has 1 aliphatic rings. The summed E-state index contributed by atoms with van der Waals surface area (Å²) in [6.45, 7) is 0. The van der Waals surface area contributed by atoms with Crippen molar-refractivity contribution < 1.29 is 0 Å². The van der Waals surface area contributed by atoms with E-state index in [4.69, 9.17) is 0 Å². The van der Waals surface area contributed by atoms with Gasteiger partial charge < -0.3 is 0 Å². The molecule has 0 bridgehead atoms. The average Bonchev–Trinajstić information content (AvgIpc) is 3.13. The van der Waals surface area contributed by atoms with Crippen molar-refractivity contribution in [1.29, 1.82) is 0 Å². The lowest BCUT2D eigenvalue weighted by molar-refractivity contribution is 0.802. The summed E-state index contributed by atoms with van der Waals surface area (Å²) < 4.78 is 0. The molecule has 0 saturated heterocycles. The molecule has 0 aliphatic heterocycles. The van der Waals surface area contributed by atoms with Crippen molar-refractivity contribution >= 4 is 44.5 Å². The van der Waals surface area contributed by atoms with E-state index in [-0.39, 0.29) is 11.8 Å². The highest BCUT2D eigenvalue weighted by Crippen LogP contribution is 2.48. The molecule has 0 nitrogen and oxygen atoms in total. The van der Waals surface area contributed by atoms with Crippen molar-refractivity contribution in [3.8, 4) is 22.3 Å². The fourth-order valence-electron chi connectivity index (χ4n) is 7.86. The van der Waals surface area contributed by atoms with E-state index in [9.17, 15) is 0 Å². The zero-order valence-electron chi connectivity index (χ0n) is 25.5. The zero-order chi connectivity index (χ0) is 30.5. The predicted molar refractivity (Wildman–Crippen MR) is 196 cm³/mol. The van der Waals surface area contributed by atoms with Crippen molar-refractivity contribution in [3.05, 3.63) is 191 Å². The summed E-state index contributed by atoms with van der Waals surface area (Å²) in [7, 11) is 0. The van der Waals surface area contributed by atoms with Gasteiger partial charge in [0.1, 0.15) is 0 Å². The van der Waals surface area contributed by atoms with Gasteiger partial charge in [0, 0.05) is 11.8 Å². The summed E-state index contributed by atoms with van der Waals surface area (Å²) >= 11 is 0. The SMILES string of the molecule is C1=c2ccccc2=CC(c2c3ccccc3c(-c3ccccc3-c3cccc4ccccc34)c3ccccc23)C1c1ccccc1. The molecule has 0 radical (unpaired) electrons. The molecule has 0 saturated carbocycles. The highest BCUT2D eigenvalue weighted by atomic mass is 14.3. The Morgan fingerprint density at radius 2 is 0.783 bits per heavy atom. The minimum atomic E-state index is 0.175. The number of hydrogen-bond acceptors (Lipinski definition) is 0. The van der Waals surface area contributed by atoms with Crippen LogP contribution in [-0.4, -0.2) is 0 Å². The van der Waals surface area contributed by atoms with Crippen LogP contribution in [0.25, 0.3) is 66.7 Å². The van der Waals surface area contributed by atoms with Crippen molar-refractivity contribution in [2.24, 2.45) is 0 Å². The summed E-state index contributed by atoms with van der Waals surface area (Å²) in [6.07, 6.45) is 5.01. The van der Waals surface area contributed by atoms with E-state index in [1.807, 2.05) is 0 Å². The van der Waals surface area contributed by atoms with Crippen LogP contribution in [0.2, 0.25) is 0 Å². The standard InChI is InChI=1S/C46H32/c1-2-15-32(16-3-1)43-29-33-18-4-5-19-34(33)30-44(43)46-41-26-12-10-24-39(41)45(40-25-11-13-27-42(40)46)38-23-9-8-22-37(38)36-28-14-20-31-17-6-7-21-35(31)36/h1-30,43-44H. The van der Waals surface area contributed by atoms with E-state index in [0.29, 0.717) is 0 Å². The van der Waals surface area contributed by atoms with Gasteiger partial charge in [0.15, 0.2) is 0 Å². The summed E-state index contributed by atoms with van der Waals surface area (Å²) in [5.74, 6) is 0.395. The van der Waals surface area contributed by atoms with Crippen molar-refractivity contribution in [2.75, 3.05) is 0 Å². The molecule has 1 aliphatic carbocycles. The number of benzene rings is 8. The maximum absolute atomic E-state index is 2.52. The maximum atomic E-state index is 2.52. The molecule has 8 aromatic rings. The molecule has 0 fully saturated rings. The molecule has 9 rings (SSSR count). The van der Waals surface area contributed by atoms with Gasteiger partial charge in [-0.1, -0.05) is 182 Å². The lowest BCUT2D eigenvalue weighted by Crippen LogP contribution is -2.31. The molecule has 0 amide bonds. The summed E-state index contributed by atoms with van der Waals surface area (Å²) in [6, 6.07) is 62.4. The Hall–Kier alpha value is -5.72. The van der Waals surface area contributed by atoms with Gasteiger partial charge in [-0.3, -0.25) is 0 Å². The Labute approximate surface area is 269 Å². The number of hydrogen-bond donors (Lipinski definition) is 0. The van der Waals surface area contributed by atoms with E-state index in [1.54, 1.807) is 0 Å². The van der Waals surface area contributed by atoms with Crippen LogP contribution >= 0.6 is 0 Å². The molecule has 8 aromatic carbocycles. The minimum Gasteiger partial charge on any atom is -0.0682 e. The van der Waals surface area contributed by atoms with Crippen LogP contribution in [0.4, 0.5) is 0 Å². The lowest BCUT2D eigenvalue weighted by atomic mass is 9.74. The smallest absolute Gasteiger partial charge is 0.0143 e. The molecule has 0 aromatic heterocycles. The maximum Gasteiger partial charge on any atom is 0.0143 e. The fraction of sp³-hybridized carbons (Fsp3) is 0.0435. The molecular formula is C46H32. The third-order valence-electron chi connectivity index (χ3n) is 9.87. The molecule has 0 N–H and O–H groups in total. The summed E-state index contributed by atoms with van der Waals surface area (Å²) in [4.78, 5) is 0. The molecule has 46 heavy (non-hydrogen) atoms. The van der Waals surface area contributed by atoms with E-state index in [2.05, 4.69) is 182 Å². The minimum absolute atomic E-state index is 0.175. The quantitative estimate of drug-likeness (QED) is 0.181. The average molecular weight is 585 g/mol. The first-order valence-corrected chi connectivity index (χ1v) is 16.2. The normalized spacial score (nSPS) is 15.7. The predicted octanol–water partition coefficient (Wildman–Crippen LogP) is 10.6. The van der Waals surface area contributed by atoms with Crippen LogP contribution in [0.5, 0.6) is 0 Å². The Kier molecular flexibility index (Phi) is 6.39.